The Hall–Kier alpha value is -2.30. The fourth-order valence-corrected chi connectivity index (χ4v) is 5.92. The molecule has 0 heterocycles. The summed E-state index contributed by atoms with van der Waals surface area (Å²) >= 11 is 3.44. The fraction of sp³-hybridized carbons (Fsp3) is 0.231. The zero-order valence-corrected chi connectivity index (χ0v) is 18.9. The van der Waals surface area contributed by atoms with Crippen molar-refractivity contribution in [2.24, 2.45) is 0 Å². The molecular weight excluding hydrogens is 408 g/mol. The van der Waals surface area contributed by atoms with Crippen LogP contribution in [0.5, 0.6) is 0 Å². The van der Waals surface area contributed by atoms with Gasteiger partial charge in [-0.25, -0.2) is 0 Å². The van der Waals surface area contributed by atoms with Crippen molar-refractivity contribution >= 4 is 35.1 Å². The van der Waals surface area contributed by atoms with Crippen molar-refractivity contribution in [1.82, 2.24) is 0 Å². The Kier molecular flexibility index (Phi) is 8.35. The van der Waals surface area contributed by atoms with Gasteiger partial charge in [-0.1, -0.05) is 66.7 Å². The Balaban J connectivity index is 1.80. The van der Waals surface area contributed by atoms with Gasteiger partial charge < -0.3 is 0 Å². The lowest BCUT2D eigenvalue weighted by molar-refractivity contribution is -0.117. The predicted octanol–water partition coefficient (Wildman–Crippen LogP) is 7.31. The largest absolute Gasteiger partial charge is 0.300 e. The third-order valence-electron chi connectivity index (χ3n) is 4.65. The molecule has 3 rings (SSSR count). The maximum absolute atomic E-state index is 11.8. The minimum absolute atomic E-state index is 0.0890. The molecule has 2 atom stereocenters. The van der Waals surface area contributed by atoms with Crippen LogP contribution in [-0.2, 0) is 9.59 Å². The van der Waals surface area contributed by atoms with Crippen molar-refractivity contribution in [3.8, 4) is 0 Å². The summed E-state index contributed by atoms with van der Waals surface area (Å²) in [5.41, 5.74) is 2.32. The summed E-state index contributed by atoms with van der Waals surface area (Å²) in [7, 11) is 0. The van der Waals surface area contributed by atoms with Crippen LogP contribution in [-0.4, -0.2) is 11.6 Å². The Morgan fingerprint density at radius 2 is 1.03 bits per heavy atom. The van der Waals surface area contributed by atoms with E-state index in [1.165, 1.54) is 0 Å². The van der Waals surface area contributed by atoms with Gasteiger partial charge in [0.1, 0.15) is 11.6 Å². The summed E-state index contributed by atoms with van der Waals surface area (Å²) in [5, 5.41) is 0.178. The lowest BCUT2D eigenvalue weighted by Crippen LogP contribution is -2.01. The molecule has 0 bridgehead atoms. The second-order valence-electron chi connectivity index (χ2n) is 7.32. The maximum atomic E-state index is 11.8. The van der Waals surface area contributed by atoms with Crippen molar-refractivity contribution in [1.29, 1.82) is 0 Å². The molecule has 0 aliphatic heterocycles. The molecule has 0 aliphatic carbocycles. The van der Waals surface area contributed by atoms with E-state index in [2.05, 4.69) is 48.5 Å². The molecule has 0 N–H and O–H groups in total. The summed E-state index contributed by atoms with van der Waals surface area (Å²) in [6.07, 6.45) is 1.01. The van der Waals surface area contributed by atoms with E-state index in [-0.39, 0.29) is 22.1 Å². The van der Waals surface area contributed by atoms with E-state index in [0.29, 0.717) is 12.8 Å². The summed E-state index contributed by atoms with van der Waals surface area (Å²) in [6, 6.07) is 28.8. The molecule has 2 nitrogen and oxygen atoms in total. The van der Waals surface area contributed by atoms with Crippen molar-refractivity contribution in [2.45, 2.75) is 47.0 Å². The monoisotopic (exact) mass is 434 g/mol. The van der Waals surface area contributed by atoms with Crippen LogP contribution in [0.3, 0.4) is 0 Å². The van der Waals surface area contributed by atoms with Gasteiger partial charge in [0.2, 0.25) is 0 Å². The summed E-state index contributed by atoms with van der Waals surface area (Å²) < 4.78 is 0. The Bertz CT molecular complexity index is 894. The first kappa shape index (κ1) is 22.4. The first-order chi connectivity index (χ1) is 14.5. The molecule has 4 heteroatoms. The first-order valence-electron chi connectivity index (χ1n) is 10.0. The van der Waals surface area contributed by atoms with Crippen molar-refractivity contribution in [2.75, 3.05) is 0 Å². The van der Waals surface area contributed by atoms with Crippen LogP contribution < -0.4 is 0 Å². The molecule has 0 unspecified atom stereocenters. The van der Waals surface area contributed by atoms with Crippen molar-refractivity contribution < 1.29 is 9.59 Å². The fourth-order valence-electron chi connectivity index (χ4n) is 3.26. The molecule has 0 aliphatic rings. The van der Waals surface area contributed by atoms with E-state index >= 15 is 0 Å². The Morgan fingerprint density at radius 1 is 0.633 bits per heavy atom. The number of rotatable bonds is 10. The summed E-state index contributed by atoms with van der Waals surface area (Å²) in [6.45, 7) is 3.30. The average molecular weight is 435 g/mol. The molecule has 0 aromatic heterocycles. The van der Waals surface area contributed by atoms with Gasteiger partial charge in [-0.15, -0.1) is 23.5 Å². The molecule has 0 saturated heterocycles. The van der Waals surface area contributed by atoms with Crippen LogP contribution >= 0.6 is 23.5 Å². The van der Waals surface area contributed by atoms with Gasteiger partial charge in [0.25, 0.3) is 0 Å². The molecule has 0 radical (unpaired) electrons. The number of carbonyl (C=O) groups excluding carboxylic acids is 2. The third-order valence-corrected chi connectivity index (χ3v) is 7.15. The first-order valence-corrected chi connectivity index (χ1v) is 11.8. The molecule has 30 heavy (non-hydrogen) atoms. The van der Waals surface area contributed by atoms with Crippen LogP contribution in [0.1, 0.15) is 48.3 Å². The second kappa shape index (κ2) is 11.2. The molecule has 0 saturated carbocycles. The molecule has 3 aromatic rings. The van der Waals surface area contributed by atoms with E-state index < -0.39 is 0 Å². The zero-order chi connectivity index (χ0) is 21.3. The second-order valence-corrected chi connectivity index (χ2v) is 9.87. The van der Waals surface area contributed by atoms with Crippen LogP contribution in [0.2, 0.25) is 0 Å². The van der Waals surface area contributed by atoms with Gasteiger partial charge in [-0.2, -0.15) is 0 Å². The number of benzene rings is 3. The third kappa shape index (κ3) is 6.89. The van der Waals surface area contributed by atoms with Gasteiger partial charge in [0.05, 0.1) is 0 Å². The smallest absolute Gasteiger partial charge is 0.131 e. The minimum Gasteiger partial charge on any atom is -0.300 e. The van der Waals surface area contributed by atoms with Gasteiger partial charge in [-0.3, -0.25) is 9.59 Å². The van der Waals surface area contributed by atoms with E-state index in [1.54, 1.807) is 37.4 Å². The van der Waals surface area contributed by atoms with E-state index in [9.17, 15) is 9.59 Å². The molecular formula is C26H26O2S2. The zero-order valence-electron chi connectivity index (χ0n) is 17.3. The lowest BCUT2D eigenvalue weighted by atomic mass is 10.1. The summed E-state index contributed by atoms with van der Waals surface area (Å²) in [5.74, 6) is 0.375. The number of carbonyl (C=O) groups is 2. The Labute approximate surface area is 187 Å². The summed E-state index contributed by atoms with van der Waals surface area (Å²) in [4.78, 5) is 25.9. The topological polar surface area (TPSA) is 34.1 Å². The SMILES string of the molecule is CC(=O)C[C@@H](Sc1cccc(S[C@H](CC(C)=O)c2ccccc2)c1)c1ccccc1. The molecule has 0 amide bonds. The molecule has 0 fully saturated rings. The van der Waals surface area contributed by atoms with Crippen LogP contribution in [0, 0.1) is 0 Å². The highest BCUT2D eigenvalue weighted by Crippen LogP contribution is 2.42. The maximum Gasteiger partial charge on any atom is 0.131 e. The molecule has 154 valence electrons. The van der Waals surface area contributed by atoms with Gasteiger partial charge in [0.15, 0.2) is 0 Å². The van der Waals surface area contributed by atoms with Gasteiger partial charge in [0, 0.05) is 33.1 Å². The highest BCUT2D eigenvalue weighted by molar-refractivity contribution is 8.00. The highest BCUT2D eigenvalue weighted by Gasteiger charge is 2.18. The van der Waals surface area contributed by atoms with Crippen LogP contribution in [0.25, 0.3) is 0 Å². The Morgan fingerprint density at radius 3 is 1.40 bits per heavy atom. The van der Waals surface area contributed by atoms with Gasteiger partial charge in [-0.05, 0) is 43.2 Å². The number of Topliss-reactive ketones (excluding diaryl/α,β-unsaturated/α-hetero) is 2. The quantitative estimate of drug-likeness (QED) is 0.313. The van der Waals surface area contributed by atoms with Crippen molar-refractivity contribution in [3.05, 3.63) is 96.1 Å². The van der Waals surface area contributed by atoms with Gasteiger partial charge >= 0.3 is 0 Å². The van der Waals surface area contributed by atoms with E-state index in [1.807, 2.05) is 36.4 Å². The van der Waals surface area contributed by atoms with Crippen molar-refractivity contribution in [3.63, 3.8) is 0 Å². The standard InChI is InChI=1S/C26H26O2S2/c1-19(27)16-25(21-10-5-3-6-11-21)29-23-14-9-15-24(18-23)30-26(17-20(2)28)22-12-7-4-8-13-22/h3-15,18,25-26H,16-17H2,1-2H3/t25-,26-/m1/s1. The van der Waals surface area contributed by atoms with E-state index in [4.69, 9.17) is 0 Å². The number of thioether (sulfide) groups is 2. The average Bonchev–Trinajstić information content (AvgIpc) is 2.74. The van der Waals surface area contributed by atoms with E-state index in [0.717, 1.165) is 20.9 Å². The molecule has 3 aromatic carbocycles. The number of ketones is 2. The highest BCUT2D eigenvalue weighted by atomic mass is 32.2. The number of hydrogen-bond acceptors (Lipinski definition) is 4. The normalized spacial score (nSPS) is 12.9. The number of hydrogen-bond donors (Lipinski definition) is 0. The molecule has 0 spiro atoms. The minimum atomic E-state index is 0.0890. The van der Waals surface area contributed by atoms with Crippen LogP contribution in [0.4, 0.5) is 0 Å². The lowest BCUT2D eigenvalue weighted by Gasteiger charge is -2.18. The van der Waals surface area contributed by atoms with Crippen LogP contribution in [0.15, 0.2) is 94.7 Å². The predicted molar refractivity (Wildman–Crippen MR) is 127 cm³/mol.